The van der Waals surface area contributed by atoms with Gasteiger partial charge in [-0.1, -0.05) is 23.5 Å². The summed E-state index contributed by atoms with van der Waals surface area (Å²) in [6.07, 6.45) is 1.33. The summed E-state index contributed by atoms with van der Waals surface area (Å²) in [4.78, 5) is 36.4. The number of nitrogens with one attached hydrogen (secondary N) is 1. The number of rotatable bonds is 10. The fraction of sp³-hybridized carbons (Fsp3) is 0.280. The molecule has 0 saturated heterocycles. The lowest BCUT2D eigenvalue weighted by Crippen LogP contribution is -2.26. The number of nitrogens with two attached hydrogens (primary N) is 2. The maximum Gasteiger partial charge on any atom is 0.253 e. The number of carbonyl (C=O) groups excluding carboxylic acids is 2. The van der Waals surface area contributed by atoms with E-state index in [9.17, 15) is 13.8 Å². The second kappa shape index (κ2) is 14.0. The summed E-state index contributed by atoms with van der Waals surface area (Å²) in [6, 6.07) is 14.3. The Balaban J connectivity index is 0.00000507. The van der Waals surface area contributed by atoms with Crippen LogP contribution in [0.3, 0.4) is 0 Å². The van der Waals surface area contributed by atoms with Crippen molar-refractivity contribution in [2.45, 2.75) is 31.2 Å². The minimum Gasteiger partial charge on any atom is -0.370 e. The highest BCUT2D eigenvalue weighted by Gasteiger charge is 2.18. The molecule has 0 radical (unpaired) electrons. The van der Waals surface area contributed by atoms with Crippen molar-refractivity contribution in [3.63, 3.8) is 0 Å². The van der Waals surface area contributed by atoms with Gasteiger partial charge in [-0.15, -0.1) is 12.4 Å². The Bertz CT molecular complexity index is 1310. The quantitative estimate of drug-likeness (QED) is 0.249. The largest absolute Gasteiger partial charge is 0.370 e. The second-order valence-electron chi connectivity index (χ2n) is 8.52. The average molecular weight is 578 g/mol. The third-order valence-corrected chi connectivity index (χ3v) is 7.60. The van der Waals surface area contributed by atoms with E-state index in [1.54, 1.807) is 54.6 Å². The van der Waals surface area contributed by atoms with Crippen LogP contribution in [0, 0.1) is 0 Å². The fourth-order valence-electron chi connectivity index (χ4n) is 3.49. The van der Waals surface area contributed by atoms with Gasteiger partial charge in [0.15, 0.2) is 11.1 Å². The molecule has 1 aromatic heterocycles. The molecule has 1 heterocycles. The number of benzene rings is 2. The Hall–Kier alpha value is -3.32. The number of nitrogens with zero attached hydrogens (tertiary/aromatic N) is 4. The SMILES string of the molecule is CC(=O)Nc1nc(CCc2ccc(N=C(N)N)cc2)c(CN(C)C(=O)c2ccc(S(=O)N(C)C)cc2)s1.Cl. The molecule has 0 saturated carbocycles. The van der Waals surface area contributed by atoms with Crippen LogP contribution in [-0.2, 0) is 35.2 Å². The molecular weight excluding hydrogens is 546 g/mol. The second-order valence-corrected chi connectivity index (χ2v) is 11.3. The van der Waals surface area contributed by atoms with Crippen molar-refractivity contribution in [2.24, 2.45) is 16.5 Å². The van der Waals surface area contributed by atoms with E-state index in [0.717, 1.165) is 16.1 Å². The van der Waals surface area contributed by atoms with Gasteiger partial charge in [-0.2, -0.15) is 0 Å². The standard InChI is InChI=1S/C25H31N7O3S2.ClH/c1-16(33)28-25-30-21(14-7-17-5-10-19(11-6-17)29-24(26)27)22(36-25)15-32(4)23(34)18-8-12-20(13-9-18)37(35)31(2)3;/h5-6,8-13H,7,14-15H2,1-4H3,(H4,26,27,29)(H,28,30,33);1H. The van der Waals surface area contributed by atoms with Crippen molar-refractivity contribution >= 4 is 63.3 Å². The first-order chi connectivity index (χ1) is 17.5. The van der Waals surface area contributed by atoms with Crippen molar-refractivity contribution in [1.82, 2.24) is 14.2 Å². The summed E-state index contributed by atoms with van der Waals surface area (Å²) in [7, 11) is 3.90. The van der Waals surface area contributed by atoms with Crippen molar-refractivity contribution in [3.05, 3.63) is 70.2 Å². The minimum absolute atomic E-state index is 0. The topological polar surface area (TPSA) is 147 Å². The molecule has 2 aromatic carbocycles. The first kappa shape index (κ1) is 30.9. The molecule has 3 aromatic rings. The van der Waals surface area contributed by atoms with Gasteiger partial charge in [0.25, 0.3) is 5.91 Å². The van der Waals surface area contributed by atoms with Crippen LogP contribution in [-0.4, -0.2) is 57.3 Å². The number of aryl methyl sites for hydroxylation is 2. The molecule has 0 bridgehead atoms. The van der Waals surface area contributed by atoms with Crippen LogP contribution in [0.15, 0.2) is 58.4 Å². The van der Waals surface area contributed by atoms with Crippen molar-refractivity contribution in [2.75, 3.05) is 26.5 Å². The number of anilines is 1. The van der Waals surface area contributed by atoms with Crippen LogP contribution < -0.4 is 16.8 Å². The summed E-state index contributed by atoms with van der Waals surface area (Å²) in [5, 5.41) is 3.24. The third-order valence-electron chi connectivity index (χ3n) is 5.27. The number of aromatic nitrogens is 1. The van der Waals surface area contributed by atoms with Crippen LogP contribution in [0.4, 0.5) is 10.8 Å². The van der Waals surface area contributed by atoms with Gasteiger partial charge in [0, 0.05) is 24.4 Å². The van der Waals surface area contributed by atoms with Crippen LogP contribution in [0.2, 0.25) is 0 Å². The van der Waals surface area contributed by atoms with Crippen LogP contribution in [0.1, 0.15) is 33.4 Å². The molecule has 3 rings (SSSR count). The molecular formula is C25H32ClN7O3S2. The molecule has 1 unspecified atom stereocenters. The highest BCUT2D eigenvalue weighted by atomic mass is 35.5. The highest BCUT2D eigenvalue weighted by molar-refractivity contribution is 7.82. The molecule has 0 aliphatic rings. The molecule has 38 heavy (non-hydrogen) atoms. The fourth-order valence-corrected chi connectivity index (χ4v) is 5.39. The smallest absolute Gasteiger partial charge is 0.253 e. The normalized spacial score (nSPS) is 11.4. The molecule has 10 nitrogen and oxygen atoms in total. The van der Waals surface area contributed by atoms with E-state index in [-0.39, 0.29) is 30.2 Å². The van der Waals surface area contributed by atoms with Crippen molar-refractivity contribution < 1.29 is 13.8 Å². The molecule has 0 aliphatic heterocycles. The van der Waals surface area contributed by atoms with E-state index in [1.807, 2.05) is 24.3 Å². The van der Waals surface area contributed by atoms with E-state index in [4.69, 9.17) is 11.5 Å². The van der Waals surface area contributed by atoms with Gasteiger partial charge in [-0.3, -0.25) is 9.59 Å². The Kier molecular flexibility index (Phi) is 11.4. The van der Waals surface area contributed by atoms with Gasteiger partial charge in [0.2, 0.25) is 5.91 Å². The first-order valence-electron chi connectivity index (χ1n) is 11.4. The molecule has 13 heteroatoms. The van der Waals surface area contributed by atoms with E-state index in [0.29, 0.717) is 40.7 Å². The Labute approximate surface area is 235 Å². The Morgan fingerprint density at radius 1 is 1.03 bits per heavy atom. The molecule has 2 amide bonds. The average Bonchev–Trinajstić information content (AvgIpc) is 3.22. The van der Waals surface area contributed by atoms with Crippen LogP contribution >= 0.6 is 23.7 Å². The Morgan fingerprint density at radius 2 is 1.66 bits per heavy atom. The predicted octanol–water partition coefficient (Wildman–Crippen LogP) is 3.07. The minimum atomic E-state index is -1.28. The maximum absolute atomic E-state index is 13.1. The number of aliphatic imine (C=N–C) groups is 1. The molecule has 1 atom stereocenters. The first-order valence-corrected chi connectivity index (χ1v) is 13.3. The molecule has 0 fully saturated rings. The van der Waals surface area contributed by atoms with Crippen molar-refractivity contribution in [1.29, 1.82) is 0 Å². The summed E-state index contributed by atoms with van der Waals surface area (Å²) in [5.41, 5.74) is 13.9. The molecule has 5 N–H and O–H groups in total. The monoisotopic (exact) mass is 577 g/mol. The third kappa shape index (κ3) is 8.62. The number of carbonyl (C=O) groups is 2. The zero-order valence-corrected chi connectivity index (χ0v) is 24.1. The highest BCUT2D eigenvalue weighted by Crippen LogP contribution is 2.27. The Morgan fingerprint density at radius 3 is 2.21 bits per heavy atom. The lowest BCUT2D eigenvalue weighted by molar-refractivity contribution is -0.114. The predicted molar refractivity (Wildman–Crippen MR) is 155 cm³/mol. The van der Waals surface area contributed by atoms with Gasteiger partial charge in [0.1, 0.15) is 11.0 Å². The van der Waals surface area contributed by atoms with Gasteiger partial charge in [-0.05, 0) is 68.9 Å². The molecule has 0 spiro atoms. The molecule has 204 valence electrons. The van der Waals surface area contributed by atoms with Gasteiger partial charge in [0.05, 0.1) is 22.8 Å². The summed E-state index contributed by atoms with van der Waals surface area (Å²) >= 11 is 1.35. The van der Waals surface area contributed by atoms with Crippen LogP contribution in [0.25, 0.3) is 0 Å². The van der Waals surface area contributed by atoms with E-state index in [2.05, 4.69) is 15.3 Å². The number of halogens is 1. The van der Waals surface area contributed by atoms with E-state index in [1.165, 1.54) is 18.3 Å². The van der Waals surface area contributed by atoms with Gasteiger partial charge in [-0.25, -0.2) is 18.5 Å². The van der Waals surface area contributed by atoms with E-state index < -0.39 is 11.0 Å². The summed E-state index contributed by atoms with van der Waals surface area (Å²) in [5.74, 6) is -0.372. The summed E-state index contributed by atoms with van der Waals surface area (Å²) < 4.78 is 13.8. The van der Waals surface area contributed by atoms with Crippen LogP contribution in [0.5, 0.6) is 0 Å². The lowest BCUT2D eigenvalue weighted by atomic mass is 10.1. The number of amides is 2. The van der Waals surface area contributed by atoms with Gasteiger partial charge < -0.3 is 21.7 Å². The van der Waals surface area contributed by atoms with Gasteiger partial charge >= 0.3 is 0 Å². The number of hydrogen-bond acceptors (Lipinski definition) is 6. The molecule has 0 aliphatic carbocycles. The zero-order chi connectivity index (χ0) is 27.1. The number of thiazole rings is 1. The van der Waals surface area contributed by atoms with E-state index >= 15 is 0 Å². The maximum atomic E-state index is 13.1. The zero-order valence-electron chi connectivity index (χ0n) is 21.6. The summed E-state index contributed by atoms with van der Waals surface area (Å²) in [6.45, 7) is 1.77. The number of guanidine groups is 1. The lowest BCUT2D eigenvalue weighted by Gasteiger charge is -2.17. The number of hydrogen-bond donors (Lipinski definition) is 3. The van der Waals surface area contributed by atoms with Crippen molar-refractivity contribution in [3.8, 4) is 0 Å².